The Morgan fingerprint density at radius 2 is 1.92 bits per heavy atom. The lowest BCUT2D eigenvalue weighted by Gasteiger charge is -2.13. The first kappa shape index (κ1) is 17.2. The Labute approximate surface area is 151 Å². The van der Waals surface area contributed by atoms with E-state index in [1.54, 1.807) is 7.05 Å². The van der Waals surface area contributed by atoms with Crippen LogP contribution >= 0.6 is 11.6 Å². The van der Waals surface area contributed by atoms with Crippen molar-refractivity contribution < 1.29 is 14.2 Å². The molecule has 2 aromatic carbocycles. The van der Waals surface area contributed by atoms with Gasteiger partial charge in [-0.3, -0.25) is 4.99 Å². The SMILES string of the molecule is CN=C(NCCOc1ccc2c(c1)OCO2)NCc1ccc(Cl)cc1. The van der Waals surface area contributed by atoms with Crippen molar-refractivity contribution in [2.24, 2.45) is 4.99 Å². The second-order valence-corrected chi connectivity index (χ2v) is 5.78. The number of hydrogen-bond acceptors (Lipinski definition) is 4. The first-order valence-electron chi connectivity index (χ1n) is 7.96. The summed E-state index contributed by atoms with van der Waals surface area (Å²) in [5, 5.41) is 7.18. The van der Waals surface area contributed by atoms with Crippen molar-refractivity contribution in [3.63, 3.8) is 0 Å². The molecule has 0 aliphatic carbocycles. The molecule has 2 aromatic rings. The van der Waals surface area contributed by atoms with Crippen LogP contribution in [0.2, 0.25) is 5.02 Å². The van der Waals surface area contributed by atoms with E-state index in [0.717, 1.165) is 22.1 Å². The molecule has 0 aromatic heterocycles. The fourth-order valence-corrected chi connectivity index (χ4v) is 2.44. The summed E-state index contributed by atoms with van der Waals surface area (Å²) in [4.78, 5) is 4.19. The molecular formula is C18H20ClN3O3. The van der Waals surface area contributed by atoms with Gasteiger partial charge in [0.1, 0.15) is 12.4 Å². The number of ether oxygens (including phenoxy) is 3. The van der Waals surface area contributed by atoms with Gasteiger partial charge in [-0.15, -0.1) is 0 Å². The first-order chi connectivity index (χ1) is 12.2. The van der Waals surface area contributed by atoms with Crippen molar-refractivity contribution in [2.45, 2.75) is 6.54 Å². The molecule has 1 aliphatic heterocycles. The molecule has 0 saturated carbocycles. The van der Waals surface area contributed by atoms with Crippen molar-refractivity contribution in [3.05, 3.63) is 53.1 Å². The highest BCUT2D eigenvalue weighted by Gasteiger charge is 2.13. The van der Waals surface area contributed by atoms with E-state index in [-0.39, 0.29) is 6.79 Å². The van der Waals surface area contributed by atoms with Crippen molar-refractivity contribution in [3.8, 4) is 17.2 Å². The van der Waals surface area contributed by atoms with Crippen LogP contribution in [-0.2, 0) is 6.54 Å². The number of rotatable bonds is 6. The van der Waals surface area contributed by atoms with Gasteiger partial charge >= 0.3 is 0 Å². The highest BCUT2D eigenvalue weighted by Crippen LogP contribution is 2.34. The summed E-state index contributed by atoms with van der Waals surface area (Å²) in [6.07, 6.45) is 0. The van der Waals surface area contributed by atoms with Crippen LogP contribution in [0, 0.1) is 0 Å². The molecule has 0 atom stereocenters. The van der Waals surface area contributed by atoms with Crippen molar-refractivity contribution in [1.82, 2.24) is 10.6 Å². The average molecular weight is 362 g/mol. The Balaban J connectivity index is 1.39. The number of nitrogens with one attached hydrogen (secondary N) is 2. The molecule has 3 rings (SSSR count). The van der Waals surface area contributed by atoms with E-state index in [1.807, 2.05) is 42.5 Å². The summed E-state index contributed by atoms with van der Waals surface area (Å²) in [5.41, 5.74) is 1.13. The van der Waals surface area contributed by atoms with E-state index in [9.17, 15) is 0 Å². The minimum absolute atomic E-state index is 0.260. The zero-order chi connectivity index (χ0) is 17.5. The summed E-state index contributed by atoms with van der Waals surface area (Å²) in [5.74, 6) is 2.92. The third kappa shape index (κ3) is 4.93. The third-order valence-electron chi connectivity index (χ3n) is 3.60. The normalized spacial score (nSPS) is 12.8. The van der Waals surface area contributed by atoms with Gasteiger partial charge in [0.25, 0.3) is 0 Å². The van der Waals surface area contributed by atoms with Crippen LogP contribution < -0.4 is 24.8 Å². The van der Waals surface area contributed by atoms with Crippen LogP contribution in [0.4, 0.5) is 0 Å². The lowest BCUT2D eigenvalue weighted by Crippen LogP contribution is -2.38. The van der Waals surface area contributed by atoms with Crippen LogP contribution in [0.15, 0.2) is 47.5 Å². The van der Waals surface area contributed by atoms with Gasteiger partial charge < -0.3 is 24.8 Å². The molecular weight excluding hydrogens is 342 g/mol. The van der Waals surface area contributed by atoms with E-state index < -0.39 is 0 Å². The van der Waals surface area contributed by atoms with E-state index in [0.29, 0.717) is 31.4 Å². The van der Waals surface area contributed by atoms with Gasteiger partial charge in [0.05, 0.1) is 6.54 Å². The molecule has 0 spiro atoms. The van der Waals surface area contributed by atoms with Gasteiger partial charge in [-0.25, -0.2) is 0 Å². The molecule has 6 nitrogen and oxygen atoms in total. The average Bonchev–Trinajstić information content (AvgIpc) is 3.10. The monoisotopic (exact) mass is 361 g/mol. The Bertz CT molecular complexity index is 735. The van der Waals surface area contributed by atoms with Gasteiger partial charge in [-0.05, 0) is 29.8 Å². The summed E-state index contributed by atoms with van der Waals surface area (Å²) in [6, 6.07) is 13.2. The number of nitrogens with zero attached hydrogens (tertiary/aromatic N) is 1. The van der Waals surface area contributed by atoms with Gasteiger partial charge in [0, 0.05) is 24.7 Å². The van der Waals surface area contributed by atoms with E-state index in [1.165, 1.54) is 0 Å². The molecule has 0 bridgehead atoms. The van der Waals surface area contributed by atoms with E-state index in [2.05, 4.69) is 15.6 Å². The molecule has 0 unspecified atom stereocenters. The number of hydrogen-bond donors (Lipinski definition) is 2. The summed E-state index contributed by atoms with van der Waals surface area (Å²) < 4.78 is 16.3. The second-order valence-electron chi connectivity index (χ2n) is 5.34. The number of aliphatic imine (C=N–C) groups is 1. The molecule has 1 aliphatic rings. The standard InChI is InChI=1S/C18H20ClN3O3/c1-20-18(22-11-13-2-4-14(19)5-3-13)21-8-9-23-15-6-7-16-17(10-15)25-12-24-16/h2-7,10H,8-9,11-12H2,1H3,(H2,20,21,22). The molecule has 2 N–H and O–H groups in total. The van der Waals surface area contributed by atoms with Gasteiger partial charge in [0.2, 0.25) is 6.79 Å². The lowest BCUT2D eigenvalue weighted by atomic mass is 10.2. The van der Waals surface area contributed by atoms with Crippen LogP contribution in [0.5, 0.6) is 17.2 Å². The summed E-state index contributed by atoms with van der Waals surface area (Å²) in [7, 11) is 1.73. The fraction of sp³-hybridized carbons (Fsp3) is 0.278. The topological polar surface area (TPSA) is 64.1 Å². The highest BCUT2D eigenvalue weighted by molar-refractivity contribution is 6.30. The number of fused-ring (bicyclic) bond motifs is 1. The number of benzene rings is 2. The largest absolute Gasteiger partial charge is 0.492 e. The predicted octanol–water partition coefficient (Wildman–Crippen LogP) is 2.81. The minimum atomic E-state index is 0.260. The molecule has 0 amide bonds. The Kier molecular flexibility index (Phi) is 5.85. The van der Waals surface area contributed by atoms with Gasteiger partial charge in [-0.1, -0.05) is 23.7 Å². The molecule has 132 valence electrons. The Hall–Kier alpha value is -2.60. The fourth-order valence-electron chi connectivity index (χ4n) is 2.31. The van der Waals surface area contributed by atoms with E-state index >= 15 is 0 Å². The number of guanidine groups is 1. The van der Waals surface area contributed by atoms with E-state index in [4.69, 9.17) is 25.8 Å². The molecule has 0 fully saturated rings. The van der Waals surface area contributed by atoms with Crippen molar-refractivity contribution in [2.75, 3.05) is 27.0 Å². The first-order valence-corrected chi connectivity index (χ1v) is 8.34. The lowest BCUT2D eigenvalue weighted by molar-refractivity contribution is 0.173. The molecule has 25 heavy (non-hydrogen) atoms. The Morgan fingerprint density at radius 1 is 1.12 bits per heavy atom. The maximum atomic E-state index is 5.88. The van der Waals surface area contributed by atoms with Gasteiger partial charge in [-0.2, -0.15) is 0 Å². The second kappa shape index (κ2) is 8.48. The highest BCUT2D eigenvalue weighted by atomic mass is 35.5. The van der Waals surface area contributed by atoms with Crippen LogP contribution in [0.25, 0.3) is 0 Å². The third-order valence-corrected chi connectivity index (χ3v) is 3.86. The predicted molar refractivity (Wildman–Crippen MR) is 97.7 cm³/mol. The maximum Gasteiger partial charge on any atom is 0.231 e. The number of halogens is 1. The molecule has 1 heterocycles. The minimum Gasteiger partial charge on any atom is -0.492 e. The zero-order valence-corrected chi connectivity index (χ0v) is 14.7. The molecule has 0 radical (unpaired) electrons. The van der Waals surface area contributed by atoms with Crippen LogP contribution in [0.1, 0.15) is 5.56 Å². The Morgan fingerprint density at radius 3 is 2.72 bits per heavy atom. The van der Waals surface area contributed by atoms with Crippen molar-refractivity contribution in [1.29, 1.82) is 0 Å². The summed E-state index contributed by atoms with van der Waals surface area (Å²) >= 11 is 5.88. The van der Waals surface area contributed by atoms with Crippen LogP contribution in [-0.4, -0.2) is 33.0 Å². The maximum absolute atomic E-state index is 5.88. The van der Waals surface area contributed by atoms with Gasteiger partial charge in [0.15, 0.2) is 17.5 Å². The van der Waals surface area contributed by atoms with Crippen LogP contribution in [0.3, 0.4) is 0 Å². The quantitative estimate of drug-likeness (QED) is 0.470. The smallest absolute Gasteiger partial charge is 0.231 e. The summed E-state index contributed by atoms with van der Waals surface area (Å²) in [6.45, 7) is 2.05. The molecule has 7 heteroatoms. The zero-order valence-electron chi connectivity index (χ0n) is 13.9. The van der Waals surface area contributed by atoms with Crippen molar-refractivity contribution >= 4 is 17.6 Å². The molecule has 0 saturated heterocycles.